The lowest BCUT2D eigenvalue weighted by atomic mass is 10.2. The Balaban J connectivity index is 2.82. The van der Waals surface area contributed by atoms with Crippen molar-refractivity contribution in [1.29, 1.82) is 0 Å². The number of nitrogens with one attached hydrogen (secondary N) is 1. The van der Waals surface area contributed by atoms with Crippen molar-refractivity contribution >= 4 is 25.8 Å². The molecule has 0 saturated carbocycles. The van der Waals surface area contributed by atoms with Crippen LogP contribution in [0.15, 0.2) is 33.6 Å². The van der Waals surface area contributed by atoms with E-state index in [-0.39, 0.29) is 11.8 Å². The Morgan fingerprint density at radius 3 is 2.33 bits per heavy atom. The van der Waals surface area contributed by atoms with E-state index in [1.165, 1.54) is 0 Å². The standard InChI is InChI=1S/C13H20BrNO2S/c1-3-5-12(15-4-2)10-18(16,17)13-8-6-11(14)7-9-13/h6-9,12,15H,3-5,10H2,1-2H3. The van der Waals surface area contributed by atoms with Gasteiger partial charge in [-0.2, -0.15) is 0 Å². The van der Waals surface area contributed by atoms with E-state index in [1.807, 2.05) is 6.92 Å². The van der Waals surface area contributed by atoms with E-state index in [4.69, 9.17) is 0 Å². The highest BCUT2D eigenvalue weighted by molar-refractivity contribution is 9.10. The summed E-state index contributed by atoms with van der Waals surface area (Å²) in [5, 5.41) is 3.23. The molecule has 0 saturated heterocycles. The Morgan fingerprint density at radius 2 is 1.83 bits per heavy atom. The minimum atomic E-state index is -3.20. The Hall–Kier alpha value is -0.390. The van der Waals surface area contributed by atoms with Crippen LogP contribution in [0.5, 0.6) is 0 Å². The zero-order chi connectivity index (χ0) is 13.6. The summed E-state index contributed by atoms with van der Waals surface area (Å²) in [5.74, 6) is 0.163. The summed E-state index contributed by atoms with van der Waals surface area (Å²) in [6.07, 6.45) is 1.86. The quantitative estimate of drug-likeness (QED) is 0.834. The molecule has 0 fully saturated rings. The maximum Gasteiger partial charge on any atom is 0.179 e. The first-order chi connectivity index (χ1) is 8.49. The SMILES string of the molecule is CCCC(CS(=O)(=O)c1ccc(Br)cc1)NCC. The van der Waals surface area contributed by atoms with E-state index >= 15 is 0 Å². The molecule has 0 aliphatic rings. The Labute approximate surface area is 118 Å². The van der Waals surface area contributed by atoms with Crippen LogP contribution in [0, 0.1) is 0 Å². The zero-order valence-electron chi connectivity index (χ0n) is 10.8. The van der Waals surface area contributed by atoms with E-state index in [9.17, 15) is 8.42 Å². The fourth-order valence-electron chi connectivity index (χ4n) is 1.88. The second-order valence-electron chi connectivity index (χ2n) is 4.28. The maximum atomic E-state index is 12.2. The molecule has 0 aliphatic carbocycles. The fourth-order valence-corrected chi connectivity index (χ4v) is 3.71. The van der Waals surface area contributed by atoms with Crippen molar-refractivity contribution in [3.8, 4) is 0 Å². The first-order valence-electron chi connectivity index (χ1n) is 6.21. The average Bonchev–Trinajstić information content (AvgIpc) is 2.29. The number of hydrogen-bond acceptors (Lipinski definition) is 3. The molecule has 1 unspecified atom stereocenters. The van der Waals surface area contributed by atoms with Gasteiger partial charge in [0.1, 0.15) is 0 Å². The van der Waals surface area contributed by atoms with E-state index in [0.29, 0.717) is 4.90 Å². The van der Waals surface area contributed by atoms with Gasteiger partial charge in [-0.1, -0.05) is 36.2 Å². The molecule has 0 spiro atoms. The molecule has 1 atom stereocenters. The summed E-state index contributed by atoms with van der Waals surface area (Å²) in [6, 6.07) is 6.85. The van der Waals surface area contributed by atoms with Gasteiger partial charge in [0.25, 0.3) is 0 Å². The predicted octanol–water partition coefficient (Wildman–Crippen LogP) is 3.00. The van der Waals surface area contributed by atoms with Crippen molar-refractivity contribution in [2.45, 2.75) is 37.6 Å². The molecule has 0 radical (unpaired) electrons. The van der Waals surface area contributed by atoms with Crippen molar-refractivity contribution in [1.82, 2.24) is 5.32 Å². The van der Waals surface area contributed by atoms with Crippen molar-refractivity contribution in [3.63, 3.8) is 0 Å². The van der Waals surface area contributed by atoms with Crippen LogP contribution in [-0.4, -0.2) is 26.8 Å². The average molecular weight is 334 g/mol. The molecular formula is C13H20BrNO2S. The minimum absolute atomic E-state index is 0.0358. The molecule has 0 amide bonds. The van der Waals surface area contributed by atoms with Crippen LogP contribution < -0.4 is 5.32 Å². The smallest absolute Gasteiger partial charge is 0.179 e. The van der Waals surface area contributed by atoms with Crippen LogP contribution in [0.2, 0.25) is 0 Å². The minimum Gasteiger partial charge on any atom is -0.313 e. The zero-order valence-corrected chi connectivity index (χ0v) is 13.2. The normalized spacial score (nSPS) is 13.5. The second kappa shape index (κ2) is 7.26. The number of hydrogen-bond donors (Lipinski definition) is 1. The Kier molecular flexibility index (Phi) is 6.32. The molecular weight excluding hydrogens is 314 g/mol. The third-order valence-electron chi connectivity index (χ3n) is 2.72. The molecule has 1 aromatic rings. The number of sulfone groups is 1. The van der Waals surface area contributed by atoms with Gasteiger partial charge in [0, 0.05) is 10.5 Å². The summed E-state index contributed by atoms with van der Waals surface area (Å²) in [5.41, 5.74) is 0. The molecule has 1 N–H and O–H groups in total. The van der Waals surface area contributed by atoms with Gasteiger partial charge < -0.3 is 5.32 Å². The molecule has 0 aliphatic heterocycles. The summed E-state index contributed by atoms with van der Waals surface area (Å²) < 4.78 is 25.4. The van der Waals surface area contributed by atoms with E-state index in [2.05, 4.69) is 28.2 Å². The Bertz CT molecular complexity index is 450. The van der Waals surface area contributed by atoms with Gasteiger partial charge in [-0.15, -0.1) is 0 Å². The number of halogens is 1. The molecule has 3 nitrogen and oxygen atoms in total. The van der Waals surface area contributed by atoms with Gasteiger partial charge in [0.05, 0.1) is 10.6 Å². The highest BCUT2D eigenvalue weighted by Gasteiger charge is 2.20. The maximum absolute atomic E-state index is 12.2. The van der Waals surface area contributed by atoms with E-state index < -0.39 is 9.84 Å². The van der Waals surface area contributed by atoms with Crippen LogP contribution in [0.3, 0.4) is 0 Å². The van der Waals surface area contributed by atoms with Crippen molar-refractivity contribution < 1.29 is 8.42 Å². The van der Waals surface area contributed by atoms with Crippen LogP contribution in [0.1, 0.15) is 26.7 Å². The van der Waals surface area contributed by atoms with E-state index in [0.717, 1.165) is 23.9 Å². The fraction of sp³-hybridized carbons (Fsp3) is 0.538. The van der Waals surface area contributed by atoms with Gasteiger partial charge in [0.15, 0.2) is 9.84 Å². The van der Waals surface area contributed by atoms with Crippen LogP contribution in [0.25, 0.3) is 0 Å². The lowest BCUT2D eigenvalue weighted by molar-refractivity contribution is 0.512. The third-order valence-corrected chi connectivity index (χ3v) is 5.08. The van der Waals surface area contributed by atoms with Crippen molar-refractivity contribution in [2.24, 2.45) is 0 Å². The molecule has 5 heteroatoms. The van der Waals surface area contributed by atoms with Gasteiger partial charge in [0.2, 0.25) is 0 Å². The summed E-state index contributed by atoms with van der Waals surface area (Å²) in [7, 11) is -3.20. The molecule has 18 heavy (non-hydrogen) atoms. The Morgan fingerprint density at radius 1 is 1.22 bits per heavy atom. The van der Waals surface area contributed by atoms with Crippen LogP contribution in [-0.2, 0) is 9.84 Å². The first kappa shape index (κ1) is 15.7. The van der Waals surface area contributed by atoms with Gasteiger partial charge >= 0.3 is 0 Å². The lowest BCUT2D eigenvalue weighted by Crippen LogP contribution is -2.35. The molecule has 0 heterocycles. The monoisotopic (exact) mass is 333 g/mol. The summed E-state index contributed by atoms with van der Waals surface area (Å²) >= 11 is 3.31. The van der Waals surface area contributed by atoms with Gasteiger partial charge in [-0.3, -0.25) is 0 Å². The van der Waals surface area contributed by atoms with Crippen molar-refractivity contribution in [2.75, 3.05) is 12.3 Å². The molecule has 0 bridgehead atoms. The van der Waals surface area contributed by atoms with Crippen LogP contribution in [0.4, 0.5) is 0 Å². The highest BCUT2D eigenvalue weighted by atomic mass is 79.9. The molecule has 0 aromatic heterocycles. The topological polar surface area (TPSA) is 46.2 Å². The molecule has 102 valence electrons. The molecule has 1 aromatic carbocycles. The van der Waals surface area contributed by atoms with Gasteiger partial charge in [-0.05, 0) is 37.2 Å². The summed E-state index contributed by atoms with van der Waals surface area (Å²) in [6.45, 7) is 4.85. The lowest BCUT2D eigenvalue weighted by Gasteiger charge is -2.17. The van der Waals surface area contributed by atoms with Crippen molar-refractivity contribution in [3.05, 3.63) is 28.7 Å². The number of rotatable bonds is 7. The van der Waals surface area contributed by atoms with Crippen LogP contribution >= 0.6 is 15.9 Å². The third kappa shape index (κ3) is 4.71. The largest absolute Gasteiger partial charge is 0.313 e. The van der Waals surface area contributed by atoms with Gasteiger partial charge in [-0.25, -0.2) is 8.42 Å². The number of benzene rings is 1. The molecule has 1 rings (SSSR count). The summed E-state index contributed by atoms with van der Waals surface area (Å²) in [4.78, 5) is 0.393. The second-order valence-corrected chi connectivity index (χ2v) is 7.23. The first-order valence-corrected chi connectivity index (χ1v) is 8.65. The van der Waals surface area contributed by atoms with E-state index in [1.54, 1.807) is 24.3 Å². The highest BCUT2D eigenvalue weighted by Crippen LogP contribution is 2.17. The predicted molar refractivity (Wildman–Crippen MR) is 78.6 cm³/mol.